The number of carbonyl (C=O) groups is 1. The second-order valence-electron chi connectivity index (χ2n) is 5.41. The Kier molecular flexibility index (Phi) is 5.46. The minimum Gasteiger partial charge on any atom is -0.507 e. The van der Waals surface area contributed by atoms with Gasteiger partial charge in [-0.25, -0.2) is 0 Å². The quantitative estimate of drug-likeness (QED) is 0.373. The number of hydrogen-bond donors (Lipinski definition) is 4. The fraction of sp³-hybridized carbons (Fsp3) is 0. The first-order valence-electron chi connectivity index (χ1n) is 7.47. The fourth-order valence-electron chi connectivity index (χ4n) is 2.38. The van der Waals surface area contributed by atoms with Gasteiger partial charge in [-0.3, -0.25) is 15.6 Å². The van der Waals surface area contributed by atoms with E-state index in [1.807, 2.05) is 24.3 Å². The maximum Gasteiger partial charge on any atom is 0.273 e. The third-order valence-corrected chi connectivity index (χ3v) is 4.16. The van der Waals surface area contributed by atoms with E-state index in [0.29, 0.717) is 15.7 Å². The summed E-state index contributed by atoms with van der Waals surface area (Å²) < 4.78 is 0. The van der Waals surface area contributed by atoms with Crippen molar-refractivity contribution in [2.24, 2.45) is 0 Å². The molecule has 132 valence electrons. The molecule has 26 heavy (non-hydrogen) atoms. The number of amides is 1. The fourth-order valence-corrected chi connectivity index (χ4v) is 3.07. The molecule has 0 saturated carbocycles. The van der Waals surface area contributed by atoms with Crippen LogP contribution in [0.4, 0.5) is 5.69 Å². The Bertz CT molecular complexity index is 991. The minimum atomic E-state index is -0.526. The van der Waals surface area contributed by atoms with Crippen LogP contribution in [0.15, 0.2) is 54.6 Å². The van der Waals surface area contributed by atoms with E-state index >= 15 is 0 Å². The zero-order valence-corrected chi connectivity index (χ0v) is 15.5. The van der Waals surface area contributed by atoms with Gasteiger partial charge in [-0.2, -0.15) is 0 Å². The number of hydrazine groups is 1. The van der Waals surface area contributed by atoms with Crippen molar-refractivity contribution in [3.63, 3.8) is 0 Å². The normalized spacial score (nSPS) is 10.4. The van der Waals surface area contributed by atoms with Crippen molar-refractivity contribution in [2.75, 3.05) is 5.32 Å². The number of halogens is 2. The van der Waals surface area contributed by atoms with Crippen LogP contribution in [0.1, 0.15) is 10.4 Å². The molecule has 0 atom stereocenters. The number of thiocarbonyl (C=S) groups is 1. The second-order valence-corrected chi connectivity index (χ2v) is 6.69. The standard InChI is InChI=1S/C18H13Cl2N3O2S/c19-12-7-13(20)9-14(8-12)21-18(26)23-22-17(25)15-5-10-3-1-2-4-11(10)6-16(15)24/h1-9,24H,(H,22,25)(H2,21,23,26). The van der Waals surface area contributed by atoms with Crippen molar-refractivity contribution in [3.05, 3.63) is 70.2 Å². The van der Waals surface area contributed by atoms with E-state index < -0.39 is 5.91 Å². The second kappa shape index (κ2) is 7.78. The first-order valence-corrected chi connectivity index (χ1v) is 8.64. The van der Waals surface area contributed by atoms with Gasteiger partial charge in [0.2, 0.25) is 0 Å². The maximum atomic E-state index is 12.3. The molecule has 3 rings (SSSR count). The number of fused-ring (bicyclic) bond motifs is 1. The zero-order valence-electron chi connectivity index (χ0n) is 13.2. The van der Waals surface area contributed by atoms with Gasteiger partial charge < -0.3 is 10.4 Å². The molecule has 0 bridgehead atoms. The van der Waals surface area contributed by atoms with Crippen molar-refractivity contribution in [3.8, 4) is 5.75 Å². The molecular formula is C18H13Cl2N3O2S. The van der Waals surface area contributed by atoms with Crippen molar-refractivity contribution < 1.29 is 9.90 Å². The van der Waals surface area contributed by atoms with E-state index in [1.165, 1.54) is 6.07 Å². The van der Waals surface area contributed by atoms with Crippen molar-refractivity contribution in [2.45, 2.75) is 0 Å². The predicted octanol–water partition coefficient (Wildman–Crippen LogP) is 4.48. The molecule has 0 aromatic heterocycles. The van der Waals surface area contributed by atoms with E-state index in [2.05, 4.69) is 16.2 Å². The molecule has 0 aliphatic carbocycles. The molecule has 0 heterocycles. The van der Waals surface area contributed by atoms with Crippen molar-refractivity contribution in [1.82, 2.24) is 10.9 Å². The third kappa shape index (κ3) is 4.35. The first kappa shape index (κ1) is 18.3. The number of benzene rings is 3. The topological polar surface area (TPSA) is 73.4 Å². The Balaban J connectivity index is 1.66. The average molecular weight is 406 g/mol. The van der Waals surface area contributed by atoms with Crippen LogP contribution in [-0.2, 0) is 0 Å². The molecule has 0 aliphatic heterocycles. The molecule has 0 saturated heterocycles. The first-order chi connectivity index (χ1) is 12.4. The van der Waals surface area contributed by atoms with Crippen LogP contribution in [0, 0.1) is 0 Å². The number of aromatic hydroxyl groups is 1. The average Bonchev–Trinajstić information content (AvgIpc) is 2.58. The van der Waals surface area contributed by atoms with Crippen LogP contribution in [-0.4, -0.2) is 16.1 Å². The highest BCUT2D eigenvalue weighted by Crippen LogP contribution is 2.25. The Hall–Kier alpha value is -2.54. The van der Waals surface area contributed by atoms with Gasteiger partial charge in [0.1, 0.15) is 5.75 Å². The molecule has 0 fully saturated rings. The number of hydrogen-bond acceptors (Lipinski definition) is 3. The molecule has 3 aromatic rings. The van der Waals surface area contributed by atoms with Gasteiger partial charge in [0.25, 0.3) is 5.91 Å². The van der Waals surface area contributed by atoms with Crippen molar-refractivity contribution >= 4 is 62.9 Å². The van der Waals surface area contributed by atoms with Crippen LogP contribution in [0.5, 0.6) is 5.75 Å². The van der Waals surface area contributed by atoms with Gasteiger partial charge >= 0.3 is 0 Å². The molecule has 0 aliphatic rings. The summed E-state index contributed by atoms with van der Waals surface area (Å²) in [5.74, 6) is -0.648. The van der Waals surface area contributed by atoms with E-state index in [0.717, 1.165) is 10.8 Å². The number of phenols is 1. The van der Waals surface area contributed by atoms with Crippen LogP contribution in [0.3, 0.4) is 0 Å². The summed E-state index contributed by atoms with van der Waals surface area (Å²) >= 11 is 17.0. The van der Waals surface area contributed by atoms with Gasteiger partial charge in [0.05, 0.1) is 5.56 Å². The molecule has 1 amide bonds. The third-order valence-electron chi connectivity index (χ3n) is 3.52. The van der Waals surface area contributed by atoms with Crippen LogP contribution < -0.4 is 16.2 Å². The monoisotopic (exact) mass is 405 g/mol. The Morgan fingerprint density at radius 2 is 1.54 bits per heavy atom. The van der Waals surface area contributed by atoms with Gasteiger partial charge in [0, 0.05) is 15.7 Å². The van der Waals surface area contributed by atoms with Gasteiger partial charge in [-0.1, -0.05) is 47.5 Å². The lowest BCUT2D eigenvalue weighted by Crippen LogP contribution is -2.43. The van der Waals surface area contributed by atoms with E-state index in [-0.39, 0.29) is 16.4 Å². The number of nitrogens with one attached hydrogen (secondary N) is 3. The minimum absolute atomic E-state index is 0.122. The summed E-state index contributed by atoms with van der Waals surface area (Å²) in [6, 6.07) is 15.4. The smallest absolute Gasteiger partial charge is 0.273 e. The molecule has 0 unspecified atom stereocenters. The Morgan fingerprint density at radius 1 is 0.923 bits per heavy atom. The number of carbonyl (C=O) groups excluding carboxylic acids is 1. The highest BCUT2D eigenvalue weighted by Gasteiger charge is 2.12. The zero-order chi connectivity index (χ0) is 18.7. The molecule has 0 radical (unpaired) electrons. The predicted molar refractivity (Wildman–Crippen MR) is 109 cm³/mol. The largest absolute Gasteiger partial charge is 0.507 e. The van der Waals surface area contributed by atoms with Gasteiger partial charge in [-0.15, -0.1) is 0 Å². The summed E-state index contributed by atoms with van der Waals surface area (Å²) in [5, 5.41) is 15.6. The number of rotatable bonds is 2. The summed E-state index contributed by atoms with van der Waals surface area (Å²) in [6.45, 7) is 0. The maximum absolute atomic E-state index is 12.3. The summed E-state index contributed by atoms with van der Waals surface area (Å²) in [6.07, 6.45) is 0. The molecule has 3 aromatic carbocycles. The highest BCUT2D eigenvalue weighted by atomic mass is 35.5. The Morgan fingerprint density at radius 3 is 2.19 bits per heavy atom. The number of anilines is 1. The summed E-state index contributed by atoms with van der Waals surface area (Å²) in [5.41, 5.74) is 5.70. The lowest BCUT2D eigenvalue weighted by Gasteiger charge is -2.13. The Labute approximate surface area is 164 Å². The van der Waals surface area contributed by atoms with Crippen LogP contribution in [0.2, 0.25) is 10.0 Å². The molecule has 4 N–H and O–H groups in total. The highest BCUT2D eigenvalue weighted by molar-refractivity contribution is 7.80. The molecular weight excluding hydrogens is 393 g/mol. The van der Waals surface area contributed by atoms with Crippen LogP contribution >= 0.6 is 35.4 Å². The SMILES string of the molecule is O=C(NNC(=S)Nc1cc(Cl)cc(Cl)c1)c1cc2ccccc2cc1O. The molecule has 0 spiro atoms. The van der Waals surface area contributed by atoms with Gasteiger partial charge in [0.15, 0.2) is 5.11 Å². The lowest BCUT2D eigenvalue weighted by molar-refractivity contribution is 0.0941. The van der Waals surface area contributed by atoms with Gasteiger partial charge in [-0.05, 0) is 53.3 Å². The van der Waals surface area contributed by atoms with E-state index in [4.69, 9.17) is 35.4 Å². The molecule has 8 heteroatoms. The summed E-state index contributed by atoms with van der Waals surface area (Å²) in [7, 11) is 0. The van der Waals surface area contributed by atoms with E-state index in [9.17, 15) is 9.90 Å². The lowest BCUT2D eigenvalue weighted by atomic mass is 10.1. The van der Waals surface area contributed by atoms with Crippen LogP contribution in [0.25, 0.3) is 10.8 Å². The molecule has 5 nitrogen and oxygen atoms in total. The number of phenolic OH excluding ortho intramolecular Hbond substituents is 1. The summed E-state index contributed by atoms with van der Waals surface area (Å²) in [4.78, 5) is 12.3. The van der Waals surface area contributed by atoms with E-state index in [1.54, 1.807) is 24.3 Å². The van der Waals surface area contributed by atoms with Crippen molar-refractivity contribution in [1.29, 1.82) is 0 Å².